The number of likely N-dealkylation sites (N-methyl/N-ethyl adjacent to an activating group) is 1. The smallest absolute Gasteiger partial charge is 0.0703 e. The highest BCUT2D eigenvalue weighted by molar-refractivity contribution is 6.30. The van der Waals surface area contributed by atoms with Gasteiger partial charge in [0.05, 0.1) is 6.10 Å². The molecule has 0 aromatic heterocycles. The highest BCUT2D eigenvalue weighted by atomic mass is 35.5. The SMILES string of the molecule is CCN(CC1CCCO1)C(c1ccc(Cl)cc1)C(C)N. The monoisotopic (exact) mass is 296 g/mol. The molecule has 0 spiro atoms. The molecule has 0 bridgehead atoms. The number of ether oxygens (including phenoxy) is 1. The summed E-state index contributed by atoms with van der Waals surface area (Å²) in [6.45, 7) is 7.06. The zero-order valence-electron chi connectivity index (χ0n) is 12.4. The van der Waals surface area contributed by atoms with Crippen molar-refractivity contribution < 1.29 is 4.74 Å². The lowest BCUT2D eigenvalue weighted by Gasteiger charge is -2.35. The molecule has 3 atom stereocenters. The van der Waals surface area contributed by atoms with Crippen LogP contribution in [-0.4, -0.2) is 36.7 Å². The van der Waals surface area contributed by atoms with Gasteiger partial charge in [0.2, 0.25) is 0 Å². The number of rotatable bonds is 6. The summed E-state index contributed by atoms with van der Waals surface area (Å²) in [6.07, 6.45) is 2.68. The molecule has 0 saturated carbocycles. The molecule has 1 aromatic carbocycles. The Morgan fingerprint density at radius 2 is 2.10 bits per heavy atom. The molecule has 1 saturated heterocycles. The van der Waals surface area contributed by atoms with Gasteiger partial charge < -0.3 is 10.5 Å². The molecule has 3 nitrogen and oxygen atoms in total. The number of hydrogen-bond acceptors (Lipinski definition) is 3. The Morgan fingerprint density at radius 1 is 1.40 bits per heavy atom. The minimum absolute atomic E-state index is 0.0672. The average Bonchev–Trinajstić information content (AvgIpc) is 2.92. The van der Waals surface area contributed by atoms with Crippen LogP contribution in [0.3, 0.4) is 0 Å². The zero-order chi connectivity index (χ0) is 14.5. The van der Waals surface area contributed by atoms with Crippen molar-refractivity contribution in [3.8, 4) is 0 Å². The first-order chi connectivity index (χ1) is 9.61. The van der Waals surface area contributed by atoms with Gasteiger partial charge in [-0.3, -0.25) is 4.90 Å². The van der Waals surface area contributed by atoms with E-state index in [9.17, 15) is 0 Å². The van der Waals surface area contributed by atoms with Gasteiger partial charge in [-0.05, 0) is 44.0 Å². The quantitative estimate of drug-likeness (QED) is 0.876. The second-order valence-electron chi connectivity index (χ2n) is 5.58. The normalized spacial score (nSPS) is 22.1. The molecule has 20 heavy (non-hydrogen) atoms. The fourth-order valence-electron chi connectivity index (χ4n) is 3.00. The maximum atomic E-state index is 6.24. The van der Waals surface area contributed by atoms with Gasteiger partial charge >= 0.3 is 0 Å². The van der Waals surface area contributed by atoms with Crippen LogP contribution in [0.2, 0.25) is 5.02 Å². The Balaban J connectivity index is 2.14. The van der Waals surface area contributed by atoms with Gasteiger partial charge in [0, 0.05) is 30.3 Å². The molecule has 2 N–H and O–H groups in total. The maximum absolute atomic E-state index is 6.24. The molecule has 1 heterocycles. The average molecular weight is 297 g/mol. The minimum atomic E-state index is 0.0672. The van der Waals surface area contributed by atoms with Gasteiger partial charge in [-0.2, -0.15) is 0 Å². The van der Waals surface area contributed by atoms with E-state index in [1.165, 1.54) is 12.0 Å². The van der Waals surface area contributed by atoms with Gasteiger partial charge in [-0.15, -0.1) is 0 Å². The van der Waals surface area contributed by atoms with E-state index in [2.05, 4.69) is 30.9 Å². The third-order valence-electron chi connectivity index (χ3n) is 3.97. The van der Waals surface area contributed by atoms with Crippen LogP contribution in [0.4, 0.5) is 0 Å². The largest absolute Gasteiger partial charge is 0.377 e. The second-order valence-corrected chi connectivity index (χ2v) is 6.01. The molecule has 1 fully saturated rings. The first-order valence-corrected chi connectivity index (χ1v) is 7.86. The van der Waals surface area contributed by atoms with E-state index in [0.29, 0.717) is 6.10 Å². The van der Waals surface area contributed by atoms with E-state index in [0.717, 1.165) is 31.1 Å². The lowest BCUT2D eigenvalue weighted by Crippen LogP contribution is -2.42. The Hall–Kier alpha value is -0.610. The van der Waals surface area contributed by atoms with Gasteiger partial charge in [-0.1, -0.05) is 30.7 Å². The van der Waals surface area contributed by atoms with Crippen molar-refractivity contribution in [3.05, 3.63) is 34.9 Å². The van der Waals surface area contributed by atoms with Gasteiger partial charge in [0.25, 0.3) is 0 Å². The lowest BCUT2D eigenvalue weighted by molar-refractivity contribution is 0.0546. The van der Waals surface area contributed by atoms with Crippen LogP contribution in [0.1, 0.15) is 38.3 Å². The van der Waals surface area contributed by atoms with E-state index in [4.69, 9.17) is 22.1 Å². The van der Waals surface area contributed by atoms with E-state index in [1.54, 1.807) is 0 Å². The molecular weight excluding hydrogens is 272 g/mol. The van der Waals surface area contributed by atoms with Crippen molar-refractivity contribution >= 4 is 11.6 Å². The predicted molar refractivity (Wildman–Crippen MR) is 84.1 cm³/mol. The summed E-state index contributed by atoms with van der Waals surface area (Å²) in [7, 11) is 0. The molecule has 1 aromatic rings. The molecule has 1 aliphatic heterocycles. The molecule has 3 unspecified atom stereocenters. The van der Waals surface area contributed by atoms with Crippen LogP contribution in [0.5, 0.6) is 0 Å². The summed E-state index contributed by atoms with van der Waals surface area (Å²) in [6, 6.07) is 8.31. The number of nitrogens with two attached hydrogens (primary N) is 1. The zero-order valence-corrected chi connectivity index (χ0v) is 13.1. The van der Waals surface area contributed by atoms with Crippen molar-refractivity contribution in [1.82, 2.24) is 4.90 Å². The summed E-state index contributed by atoms with van der Waals surface area (Å²) in [4.78, 5) is 2.42. The first-order valence-electron chi connectivity index (χ1n) is 7.48. The van der Waals surface area contributed by atoms with Crippen LogP contribution in [-0.2, 0) is 4.74 Å². The standard InChI is InChI=1S/C16H25ClN2O/c1-3-19(11-15-5-4-10-20-15)16(12(2)18)13-6-8-14(17)9-7-13/h6-9,12,15-16H,3-5,10-11,18H2,1-2H3. The Kier molecular flexibility index (Phi) is 5.85. The number of benzene rings is 1. The summed E-state index contributed by atoms with van der Waals surface area (Å²) >= 11 is 5.98. The fourth-order valence-corrected chi connectivity index (χ4v) is 3.12. The van der Waals surface area contributed by atoms with Crippen molar-refractivity contribution in [1.29, 1.82) is 0 Å². The highest BCUT2D eigenvalue weighted by Crippen LogP contribution is 2.26. The third kappa shape index (κ3) is 3.95. The predicted octanol–water partition coefficient (Wildman–Crippen LogP) is 3.23. The van der Waals surface area contributed by atoms with Crippen LogP contribution >= 0.6 is 11.6 Å². The number of nitrogens with zero attached hydrogens (tertiary/aromatic N) is 1. The Labute approximate surface area is 127 Å². The summed E-state index contributed by atoms with van der Waals surface area (Å²) in [5, 5.41) is 0.763. The first kappa shape index (κ1) is 15.8. The second kappa shape index (κ2) is 7.41. The van der Waals surface area contributed by atoms with E-state index >= 15 is 0 Å². The van der Waals surface area contributed by atoms with E-state index < -0.39 is 0 Å². The lowest BCUT2D eigenvalue weighted by atomic mass is 9.98. The highest BCUT2D eigenvalue weighted by Gasteiger charge is 2.27. The van der Waals surface area contributed by atoms with Crippen LogP contribution < -0.4 is 5.73 Å². The maximum Gasteiger partial charge on any atom is 0.0703 e. The fraction of sp³-hybridized carbons (Fsp3) is 0.625. The molecular formula is C16H25ClN2O. The van der Waals surface area contributed by atoms with Crippen molar-refractivity contribution in [3.63, 3.8) is 0 Å². The van der Waals surface area contributed by atoms with Crippen LogP contribution in [0.25, 0.3) is 0 Å². The Morgan fingerprint density at radius 3 is 2.60 bits per heavy atom. The van der Waals surface area contributed by atoms with Crippen molar-refractivity contribution in [2.45, 2.75) is 44.9 Å². The van der Waals surface area contributed by atoms with E-state index in [1.807, 2.05) is 12.1 Å². The summed E-state index contributed by atoms with van der Waals surface area (Å²) in [5.74, 6) is 0. The van der Waals surface area contributed by atoms with Gasteiger partial charge in [-0.25, -0.2) is 0 Å². The molecule has 1 aliphatic rings. The van der Waals surface area contributed by atoms with Crippen LogP contribution in [0.15, 0.2) is 24.3 Å². The molecule has 0 radical (unpaired) electrons. The van der Waals surface area contributed by atoms with Gasteiger partial charge in [0.15, 0.2) is 0 Å². The number of hydrogen-bond donors (Lipinski definition) is 1. The molecule has 4 heteroatoms. The van der Waals surface area contributed by atoms with Crippen molar-refractivity contribution in [2.24, 2.45) is 5.73 Å². The minimum Gasteiger partial charge on any atom is -0.377 e. The summed E-state index contributed by atoms with van der Waals surface area (Å²) < 4.78 is 5.77. The molecule has 0 amide bonds. The van der Waals surface area contributed by atoms with Gasteiger partial charge in [0.1, 0.15) is 0 Å². The Bertz CT molecular complexity index is 401. The van der Waals surface area contributed by atoms with Crippen molar-refractivity contribution in [2.75, 3.05) is 19.7 Å². The summed E-state index contributed by atoms with van der Waals surface area (Å²) in [5.41, 5.74) is 7.47. The molecule has 2 rings (SSSR count). The third-order valence-corrected chi connectivity index (χ3v) is 4.22. The van der Waals surface area contributed by atoms with Crippen LogP contribution in [0, 0.1) is 0 Å². The van der Waals surface area contributed by atoms with E-state index in [-0.39, 0.29) is 12.1 Å². The number of halogens is 1. The topological polar surface area (TPSA) is 38.5 Å². The molecule has 0 aliphatic carbocycles. The molecule has 112 valence electrons.